The van der Waals surface area contributed by atoms with E-state index in [1.54, 1.807) is 18.2 Å². The van der Waals surface area contributed by atoms with Crippen molar-refractivity contribution in [3.8, 4) is 5.75 Å². The van der Waals surface area contributed by atoms with Crippen molar-refractivity contribution in [3.05, 3.63) is 35.7 Å². The average Bonchev–Trinajstić information content (AvgIpc) is 2.27. The van der Waals surface area contributed by atoms with Crippen LogP contribution >= 0.6 is 11.6 Å². The zero-order chi connectivity index (χ0) is 10.8. The van der Waals surface area contributed by atoms with Crippen LogP contribution in [0.25, 0.3) is 6.08 Å². The van der Waals surface area contributed by atoms with Crippen molar-refractivity contribution in [2.24, 2.45) is 0 Å². The predicted molar refractivity (Wildman–Crippen MR) is 56.6 cm³/mol. The van der Waals surface area contributed by atoms with Gasteiger partial charge in [0, 0.05) is 5.56 Å². The summed E-state index contributed by atoms with van der Waals surface area (Å²) < 4.78 is 18.3. The van der Waals surface area contributed by atoms with Crippen LogP contribution in [-0.4, -0.2) is 23.2 Å². The van der Waals surface area contributed by atoms with Crippen molar-refractivity contribution in [1.82, 2.24) is 0 Å². The first-order chi connectivity index (χ1) is 7.20. The first-order valence-electron chi connectivity index (χ1n) is 4.59. The van der Waals surface area contributed by atoms with Crippen LogP contribution in [0.15, 0.2) is 24.3 Å². The molecule has 1 N–H and O–H groups in total. The van der Waals surface area contributed by atoms with Gasteiger partial charge in [-0.3, -0.25) is 0 Å². The Labute approximate surface area is 91.9 Å². The second-order valence-electron chi connectivity index (χ2n) is 3.35. The summed E-state index contributed by atoms with van der Waals surface area (Å²) in [5, 5.41) is 9.48. The Kier molecular flexibility index (Phi) is 2.93. The van der Waals surface area contributed by atoms with Crippen LogP contribution in [0.5, 0.6) is 5.75 Å². The number of alkyl halides is 1. The van der Waals surface area contributed by atoms with Crippen LogP contribution in [0, 0.1) is 5.82 Å². The van der Waals surface area contributed by atoms with Crippen molar-refractivity contribution >= 4 is 17.7 Å². The molecule has 0 saturated carbocycles. The number of aliphatic hydroxyl groups is 1. The van der Waals surface area contributed by atoms with E-state index in [9.17, 15) is 9.50 Å². The summed E-state index contributed by atoms with van der Waals surface area (Å²) in [5.74, 6) is 0.359. The standard InChI is InChI=1S/C11H10ClFO2/c12-6-9(14)11-3-1-7-5-8(13)2-4-10(7)15-11/h1-5,9,11,14H,6H2/t9-,11+/m1/s1. The van der Waals surface area contributed by atoms with Gasteiger partial charge in [0.25, 0.3) is 0 Å². The Morgan fingerprint density at radius 2 is 2.33 bits per heavy atom. The molecule has 2 atom stereocenters. The van der Waals surface area contributed by atoms with Gasteiger partial charge in [-0.2, -0.15) is 0 Å². The molecule has 0 saturated heterocycles. The summed E-state index contributed by atoms with van der Waals surface area (Å²) in [6.07, 6.45) is 2.19. The molecule has 1 aliphatic rings. The lowest BCUT2D eigenvalue weighted by Crippen LogP contribution is -2.32. The van der Waals surface area contributed by atoms with E-state index in [1.807, 2.05) is 0 Å². The monoisotopic (exact) mass is 228 g/mol. The number of aliphatic hydroxyl groups excluding tert-OH is 1. The van der Waals surface area contributed by atoms with Gasteiger partial charge < -0.3 is 9.84 Å². The molecular weight excluding hydrogens is 219 g/mol. The van der Waals surface area contributed by atoms with Crippen LogP contribution in [-0.2, 0) is 0 Å². The van der Waals surface area contributed by atoms with Crippen LogP contribution < -0.4 is 4.74 Å². The first kappa shape index (κ1) is 10.5. The van der Waals surface area contributed by atoms with Crippen LogP contribution in [0.3, 0.4) is 0 Å². The topological polar surface area (TPSA) is 29.5 Å². The minimum atomic E-state index is -0.749. The van der Waals surface area contributed by atoms with Crippen molar-refractivity contribution in [1.29, 1.82) is 0 Å². The van der Waals surface area contributed by atoms with Crippen LogP contribution in [0.4, 0.5) is 4.39 Å². The second kappa shape index (κ2) is 4.21. The van der Waals surface area contributed by atoms with E-state index in [1.165, 1.54) is 12.1 Å². The van der Waals surface area contributed by atoms with E-state index in [-0.39, 0.29) is 11.7 Å². The van der Waals surface area contributed by atoms with E-state index in [2.05, 4.69) is 0 Å². The molecular formula is C11H10ClFO2. The van der Waals surface area contributed by atoms with Gasteiger partial charge in [-0.25, -0.2) is 4.39 Å². The van der Waals surface area contributed by atoms with Gasteiger partial charge in [0.15, 0.2) is 0 Å². The maximum absolute atomic E-state index is 12.9. The Morgan fingerprint density at radius 1 is 1.53 bits per heavy atom. The van der Waals surface area contributed by atoms with Crippen molar-refractivity contribution < 1.29 is 14.2 Å². The number of halogens is 2. The summed E-state index contributed by atoms with van der Waals surface area (Å²) in [7, 11) is 0. The van der Waals surface area contributed by atoms with E-state index < -0.39 is 12.2 Å². The normalized spacial score (nSPS) is 20.6. The fraction of sp³-hybridized carbons (Fsp3) is 0.273. The third-order valence-electron chi connectivity index (χ3n) is 2.24. The van der Waals surface area contributed by atoms with Gasteiger partial charge in [0.05, 0.1) is 5.88 Å². The highest BCUT2D eigenvalue weighted by Crippen LogP contribution is 2.27. The van der Waals surface area contributed by atoms with Crippen molar-refractivity contribution in [3.63, 3.8) is 0 Å². The molecule has 0 aromatic heterocycles. The fourth-order valence-corrected chi connectivity index (χ4v) is 1.61. The van der Waals surface area contributed by atoms with Gasteiger partial charge in [0.2, 0.25) is 0 Å². The number of fused-ring (bicyclic) bond motifs is 1. The summed E-state index contributed by atoms with van der Waals surface area (Å²) >= 11 is 5.51. The molecule has 0 spiro atoms. The molecule has 15 heavy (non-hydrogen) atoms. The third kappa shape index (κ3) is 2.13. The first-order valence-corrected chi connectivity index (χ1v) is 5.12. The summed E-state index contributed by atoms with van der Waals surface area (Å²) in [6, 6.07) is 4.25. The zero-order valence-electron chi connectivity index (χ0n) is 7.86. The number of ether oxygens (including phenoxy) is 1. The van der Waals surface area contributed by atoms with Crippen LogP contribution in [0.2, 0.25) is 0 Å². The number of rotatable bonds is 2. The Morgan fingerprint density at radius 3 is 3.07 bits per heavy atom. The maximum atomic E-state index is 12.9. The predicted octanol–water partition coefficient (Wildman–Crippen LogP) is 2.20. The van der Waals surface area contributed by atoms with Gasteiger partial charge in [0.1, 0.15) is 23.8 Å². The zero-order valence-corrected chi connectivity index (χ0v) is 8.62. The maximum Gasteiger partial charge on any atom is 0.144 e. The fourth-order valence-electron chi connectivity index (χ4n) is 1.44. The molecule has 1 heterocycles. The van der Waals surface area contributed by atoms with Gasteiger partial charge in [-0.05, 0) is 24.3 Å². The molecule has 0 bridgehead atoms. The van der Waals surface area contributed by atoms with Gasteiger partial charge in [-0.15, -0.1) is 11.6 Å². The molecule has 2 nitrogen and oxygen atoms in total. The molecule has 0 unspecified atom stereocenters. The lowest BCUT2D eigenvalue weighted by molar-refractivity contribution is 0.0786. The molecule has 0 radical (unpaired) electrons. The number of hydrogen-bond acceptors (Lipinski definition) is 2. The average molecular weight is 229 g/mol. The Balaban J connectivity index is 2.24. The molecule has 0 fully saturated rings. The van der Waals surface area contributed by atoms with E-state index >= 15 is 0 Å². The summed E-state index contributed by atoms with van der Waals surface area (Å²) in [6.45, 7) is 0. The molecule has 1 aliphatic heterocycles. The minimum absolute atomic E-state index is 0.103. The summed E-state index contributed by atoms with van der Waals surface area (Å²) in [5.41, 5.74) is 0.674. The molecule has 0 amide bonds. The second-order valence-corrected chi connectivity index (χ2v) is 3.65. The molecule has 2 rings (SSSR count). The lowest BCUT2D eigenvalue weighted by atomic mass is 10.1. The van der Waals surface area contributed by atoms with Crippen LogP contribution in [0.1, 0.15) is 5.56 Å². The SMILES string of the molecule is O[C@H](CCl)[C@@H]1C=Cc2cc(F)ccc2O1. The highest BCUT2D eigenvalue weighted by molar-refractivity contribution is 6.18. The van der Waals surface area contributed by atoms with E-state index in [0.717, 1.165) is 0 Å². The molecule has 80 valence electrons. The van der Waals surface area contributed by atoms with E-state index in [0.29, 0.717) is 11.3 Å². The Bertz CT molecular complexity index is 392. The smallest absolute Gasteiger partial charge is 0.144 e. The highest BCUT2D eigenvalue weighted by atomic mass is 35.5. The van der Waals surface area contributed by atoms with Crippen molar-refractivity contribution in [2.75, 3.05) is 5.88 Å². The third-order valence-corrected chi connectivity index (χ3v) is 2.55. The quantitative estimate of drug-likeness (QED) is 0.787. The lowest BCUT2D eigenvalue weighted by Gasteiger charge is -2.24. The minimum Gasteiger partial charge on any atom is -0.483 e. The van der Waals surface area contributed by atoms with Gasteiger partial charge >= 0.3 is 0 Å². The summed E-state index contributed by atoms with van der Waals surface area (Å²) in [4.78, 5) is 0. The Hall–Kier alpha value is -1.06. The molecule has 1 aromatic carbocycles. The number of hydrogen-bond donors (Lipinski definition) is 1. The number of benzene rings is 1. The highest BCUT2D eigenvalue weighted by Gasteiger charge is 2.21. The largest absolute Gasteiger partial charge is 0.483 e. The van der Waals surface area contributed by atoms with E-state index in [4.69, 9.17) is 16.3 Å². The van der Waals surface area contributed by atoms with Gasteiger partial charge in [-0.1, -0.05) is 6.08 Å². The molecule has 4 heteroatoms. The van der Waals surface area contributed by atoms with Crippen molar-refractivity contribution in [2.45, 2.75) is 12.2 Å². The molecule has 1 aromatic rings. The molecule has 0 aliphatic carbocycles.